The largest absolute Gasteiger partial charge is 0.497 e. The van der Waals surface area contributed by atoms with Crippen molar-refractivity contribution in [2.75, 3.05) is 7.11 Å². The van der Waals surface area contributed by atoms with Crippen LogP contribution in [-0.2, 0) is 16.1 Å². The van der Waals surface area contributed by atoms with Crippen molar-refractivity contribution in [3.05, 3.63) is 41.5 Å². The summed E-state index contributed by atoms with van der Waals surface area (Å²) in [7, 11) is 1.66. The van der Waals surface area contributed by atoms with Gasteiger partial charge in [0.05, 0.1) is 13.7 Å². The molecule has 0 aromatic heterocycles. The molecule has 0 bridgehead atoms. The molecule has 180 valence electrons. The van der Waals surface area contributed by atoms with E-state index in [-0.39, 0.29) is 16.7 Å². The van der Waals surface area contributed by atoms with E-state index in [2.05, 4.69) is 19.9 Å². The molecule has 1 aromatic rings. The molecule has 4 aliphatic rings. The second-order valence-corrected chi connectivity index (χ2v) is 11.8. The summed E-state index contributed by atoms with van der Waals surface area (Å²) < 4.78 is 11.4. The van der Waals surface area contributed by atoms with Gasteiger partial charge in [-0.1, -0.05) is 37.6 Å². The molecule has 0 radical (unpaired) electrons. The van der Waals surface area contributed by atoms with Crippen LogP contribution in [0, 0.1) is 34.5 Å². The van der Waals surface area contributed by atoms with E-state index >= 15 is 0 Å². The molecule has 0 spiro atoms. The molecule has 5 rings (SSSR count). The van der Waals surface area contributed by atoms with Crippen molar-refractivity contribution in [2.45, 2.75) is 84.5 Å². The number of allylic oxidation sites excluding steroid dienone is 1. The Morgan fingerprint density at radius 2 is 1.82 bits per heavy atom. The first kappa shape index (κ1) is 23.1. The first-order valence-electron chi connectivity index (χ1n) is 12.9. The van der Waals surface area contributed by atoms with Crippen LogP contribution in [0.2, 0.25) is 0 Å². The van der Waals surface area contributed by atoms with Gasteiger partial charge in [0.1, 0.15) is 11.5 Å². The van der Waals surface area contributed by atoms with E-state index in [1.807, 2.05) is 24.3 Å². The van der Waals surface area contributed by atoms with E-state index in [4.69, 9.17) is 9.47 Å². The van der Waals surface area contributed by atoms with Crippen LogP contribution in [0.5, 0.6) is 5.75 Å². The lowest BCUT2D eigenvalue weighted by molar-refractivity contribution is -0.231. The van der Waals surface area contributed by atoms with E-state index in [1.165, 1.54) is 24.8 Å². The highest BCUT2D eigenvalue weighted by molar-refractivity contribution is 5.79. The number of rotatable bonds is 5. The molecule has 4 heteroatoms. The fourth-order valence-corrected chi connectivity index (χ4v) is 8.35. The lowest BCUT2D eigenvalue weighted by Gasteiger charge is -2.58. The van der Waals surface area contributed by atoms with E-state index in [1.54, 1.807) is 14.0 Å². The zero-order valence-electron chi connectivity index (χ0n) is 20.7. The zero-order chi connectivity index (χ0) is 23.4. The Balaban J connectivity index is 1.30. The molecular formula is C29H40O4. The predicted molar refractivity (Wildman–Crippen MR) is 129 cm³/mol. The van der Waals surface area contributed by atoms with Crippen LogP contribution >= 0.6 is 0 Å². The molecule has 0 aliphatic heterocycles. The summed E-state index contributed by atoms with van der Waals surface area (Å²) in [5.41, 5.74) is 2.78. The minimum absolute atomic E-state index is 0.147. The van der Waals surface area contributed by atoms with Crippen molar-refractivity contribution >= 4 is 5.78 Å². The smallest absolute Gasteiger partial charge is 0.169 e. The summed E-state index contributed by atoms with van der Waals surface area (Å²) in [6, 6.07) is 7.85. The first-order valence-corrected chi connectivity index (χ1v) is 12.9. The minimum Gasteiger partial charge on any atom is -0.497 e. The number of ketones is 1. The number of benzene rings is 1. The van der Waals surface area contributed by atoms with Crippen molar-refractivity contribution in [1.82, 2.24) is 0 Å². The van der Waals surface area contributed by atoms with Gasteiger partial charge >= 0.3 is 0 Å². The summed E-state index contributed by atoms with van der Waals surface area (Å²) in [5, 5.41) is 11.3. The number of carbonyl (C=O) groups excluding carboxylic acids is 1. The molecule has 7 atom stereocenters. The Morgan fingerprint density at radius 1 is 1.06 bits per heavy atom. The second kappa shape index (κ2) is 8.23. The summed E-state index contributed by atoms with van der Waals surface area (Å²) in [4.78, 5) is 12.4. The molecule has 33 heavy (non-hydrogen) atoms. The molecular weight excluding hydrogens is 412 g/mol. The van der Waals surface area contributed by atoms with E-state index in [0.29, 0.717) is 43.0 Å². The highest BCUT2D eigenvalue weighted by atomic mass is 16.6. The minimum atomic E-state index is -1.09. The fraction of sp³-hybridized carbons (Fsp3) is 0.690. The second-order valence-electron chi connectivity index (χ2n) is 11.8. The average molecular weight is 453 g/mol. The van der Waals surface area contributed by atoms with Gasteiger partial charge in [-0.05, 0) is 91.7 Å². The molecule has 3 saturated carbocycles. The Hall–Kier alpha value is -1.65. The molecule has 4 aliphatic carbocycles. The monoisotopic (exact) mass is 452 g/mol. The van der Waals surface area contributed by atoms with Gasteiger partial charge in [0, 0.05) is 18.8 Å². The molecule has 0 amide bonds. The summed E-state index contributed by atoms with van der Waals surface area (Å²) in [5.74, 6) is 2.38. The highest BCUT2D eigenvalue weighted by Gasteiger charge is 2.60. The zero-order valence-corrected chi connectivity index (χ0v) is 20.7. The predicted octanol–water partition coefficient (Wildman–Crippen LogP) is 6.07. The molecule has 4 nitrogen and oxygen atoms in total. The van der Waals surface area contributed by atoms with Crippen molar-refractivity contribution < 1.29 is 19.4 Å². The topological polar surface area (TPSA) is 55.8 Å². The first-order chi connectivity index (χ1) is 15.7. The Kier molecular flexibility index (Phi) is 5.77. The number of methoxy groups -OCH3 is 1. The molecule has 0 heterocycles. The van der Waals surface area contributed by atoms with Crippen LogP contribution in [0.15, 0.2) is 35.9 Å². The Morgan fingerprint density at radius 3 is 2.52 bits per heavy atom. The van der Waals surface area contributed by atoms with Crippen LogP contribution in [0.25, 0.3) is 0 Å². The van der Waals surface area contributed by atoms with Gasteiger partial charge in [-0.15, -0.1) is 0 Å². The number of aliphatic hydroxyl groups is 1. The normalized spacial score (nSPS) is 42.0. The van der Waals surface area contributed by atoms with Crippen LogP contribution in [0.4, 0.5) is 0 Å². The van der Waals surface area contributed by atoms with Gasteiger partial charge < -0.3 is 14.6 Å². The quantitative estimate of drug-likeness (QED) is 0.435. The number of hydrogen-bond donors (Lipinski definition) is 1. The third-order valence-corrected chi connectivity index (χ3v) is 10.3. The highest BCUT2D eigenvalue weighted by Crippen LogP contribution is 2.66. The molecule has 1 aromatic carbocycles. The standard InChI is InChI=1S/C29H40O4/c1-19(30)24-11-12-25-23-10-7-21-17-29(31,33-18-20-5-8-22(32-4)9-6-20)16-15-27(21,2)26(23)13-14-28(24,25)3/h5-9,23-26,31H,10-18H2,1-4H3. The lowest BCUT2D eigenvalue weighted by Crippen LogP contribution is -2.52. The van der Waals surface area contributed by atoms with Gasteiger partial charge in [0.2, 0.25) is 0 Å². The van der Waals surface area contributed by atoms with E-state index in [0.717, 1.165) is 30.6 Å². The molecule has 3 fully saturated rings. The fourth-order valence-electron chi connectivity index (χ4n) is 8.35. The Labute approximate surface area is 198 Å². The summed E-state index contributed by atoms with van der Waals surface area (Å²) >= 11 is 0. The van der Waals surface area contributed by atoms with Crippen LogP contribution in [-0.4, -0.2) is 23.8 Å². The van der Waals surface area contributed by atoms with Gasteiger partial charge in [0.25, 0.3) is 0 Å². The molecule has 1 N–H and O–H groups in total. The Bertz CT molecular complexity index is 935. The van der Waals surface area contributed by atoms with Gasteiger partial charge in [-0.25, -0.2) is 0 Å². The lowest BCUT2D eigenvalue weighted by atomic mass is 9.47. The summed E-state index contributed by atoms with van der Waals surface area (Å²) in [6.45, 7) is 7.06. The number of Topliss-reactive ketones (excluding diaryl/α,β-unsaturated/α-hetero) is 1. The van der Waals surface area contributed by atoms with Gasteiger partial charge in [-0.3, -0.25) is 4.79 Å². The maximum atomic E-state index is 12.4. The maximum Gasteiger partial charge on any atom is 0.169 e. The van der Waals surface area contributed by atoms with Gasteiger partial charge in [0.15, 0.2) is 5.79 Å². The van der Waals surface area contributed by atoms with Crippen molar-refractivity contribution in [3.63, 3.8) is 0 Å². The van der Waals surface area contributed by atoms with Crippen molar-refractivity contribution in [1.29, 1.82) is 0 Å². The van der Waals surface area contributed by atoms with Gasteiger partial charge in [-0.2, -0.15) is 0 Å². The average Bonchev–Trinajstić information content (AvgIpc) is 3.16. The van der Waals surface area contributed by atoms with E-state index in [9.17, 15) is 9.90 Å². The molecule has 0 saturated heterocycles. The molecule has 7 unspecified atom stereocenters. The number of ether oxygens (including phenoxy) is 2. The SMILES string of the molecule is COc1ccc(COC2(O)CCC3(C)C(=CCC4C3CCC3(C)C(C(C)=O)CCC43)C2)cc1. The number of fused-ring (bicyclic) bond motifs is 5. The maximum absolute atomic E-state index is 12.4. The third kappa shape index (κ3) is 3.78. The summed E-state index contributed by atoms with van der Waals surface area (Å²) in [6.07, 6.45) is 10.5. The van der Waals surface area contributed by atoms with Crippen LogP contribution in [0.3, 0.4) is 0 Å². The number of hydrogen-bond acceptors (Lipinski definition) is 4. The van der Waals surface area contributed by atoms with E-state index < -0.39 is 5.79 Å². The van der Waals surface area contributed by atoms with Crippen molar-refractivity contribution in [2.24, 2.45) is 34.5 Å². The van der Waals surface area contributed by atoms with Crippen LogP contribution < -0.4 is 4.74 Å². The third-order valence-electron chi connectivity index (χ3n) is 10.3. The number of carbonyl (C=O) groups is 1. The van der Waals surface area contributed by atoms with Crippen molar-refractivity contribution in [3.8, 4) is 5.75 Å². The van der Waals surface area contributed by atoms with Crippen LogP contribution in [0.1, 0.15) is 77.7 Å².